The van der Waals surface area contributed by atoms with E-state index >= 15 is 0 Å². The van der Waals surface area contributed by atoms with Crippen molar-refractivity contribution in [2.75, 3.05) is 26.2 Å². The van der Waals surface area contributed by atoms with Gasteiger partial charge in [0.25, 0.3) is 0 Å². The first-order valence-corrected chi connectivity index (χ1v) is 7.53. The van der Waals surface area contributed by atoms with Crippen molar-refractivity contribution < 1.29 is 0 Å². The lowest BCUT2D eigenvalue weighted by Crippen LogP contribution is -2.36. The molecule has 0 amide bonds. The maximum absolute atomic E-state index is 4.41. The largest absolute Gasteiger partial charge is 0.353 e. The number of nitrogens with zero attached hydrogens (tertiary/aromatic N) is 3. The molecule has 1 unspecified atom stereocenters. The van der Waals surface area contributed by atoms with Gasteiger partial charge in [0.1, 0.15) is 0 Å². The number of rotatable bonds is 4. The second-order valence-electron chi connectivity index (χ2n) is 5.36. The molecule has 2 heterocycles. The molecule has 106 valence electrons. The summed E-state index contributed by atoms with van der Waals surface area (Å²) in [6, 6.07) is 11.2. The van der Waals surface area contributed by atoms with Gasteiger partial charge in [0.2, 0.25) is 5.96 Å². The van der Waals surface area contributed by atoms with Gasteiger partial charge in [0.05, 0.1) is 6.04 Å². The summed E-state index contributed by atoms with van der Waals surface area (Å²) in [5.41, 5.74) is 1.38. The first-order valence-electron chi connectivity index (χ1n) is 7.53. The Balaban J connectivity index is 1.69. The fourth-order valence-electron chi connectivity index (χ4n) is 2.90. The zero-order valence-corrected chi connectivity index (χ0v) is 11.8. The minimum atomic E-state index is 0.415. The number of benzene rings is 1. The summed E-state index contributed by atoms with van der Waals surface area (Å²) in [7, 11) is 0. The summed E-state index contributed by atoms with van der Waals surface area (Å²) in [5, 5.41) is 3.41. The minimum Gasteiger partial charge on any atom is -0.353 e. The molecule has 20 heavy (non-hydrogen) atoms. The highest BCUT2D eigenvalue weighted by Crippen LogP contribution is 2.24. The van der Waals surface area contributed by atoms with Gasteiger partial charge in [0.15, 0.2) is 0 Å². The summed E-state index contributed by atoms with van der Waals surface area (Å²) < 4.78 is 0. The smallest absolute Gasteiger partial charge is 0.217 e. The maximum Gasteiger partial charge on any atom is 0.217 e. The molecule has 2 aliphatic heterocycles. The van der Waals surface area contributed by atoms with Crippen molar-refractivity contribution in [3.8, 4) is 0 Å². The molecule has 0 saturated carbocycles. The molecule has 1 aromatic carbocycles. The molecule has 0 radical (unpaired) electrons. The van der Waals surface area contributed by atoms with Gasteiger partial charge >= 0.3 is 0 Å². The molecule has 3 rings (SSSR count). The lowest BCUT2D eigenvalue weighted by molar-refractivity contribution is 0.245. The molecule has 0 bridgehead atoms. The summed E-state index contributed by atoms with van der Waals surface area (Å²) >= 11 is 0. The molecule has 0 spiro atoms. The predicted octanol–water partition coefficient (Wildman–Crippen LogP) is 2.24. The van der Waals surface area contributed by atoms with Crippen molar-refractivity contribution in [2.24, 2.45) is 9.98 Å². The Labute approximate surface area is 120 Å². The van der Waals surface area contributed by atoms with Crippen LogP contribution in [0.25, 0.3) is 0 Å². The predicted molar refractivity (Wildman–Crippen MR) is 83.4 cm³/mol. The molecule has 4 heteroatoms. The molecule has 4 nitrogen and oxygen atoms in total. The van der Waals surface area contributed by atoms with Gasteiger partial charge in [-0.15, -0.1) is 0 Å². The van der Waals surface area contributed by atoms with Crippen LogP contribution in [0.3, 0.4) is 0 Å². The number of hydrogen-bond acceptors (Lipinski definition) is 4. The van der Waals surface area contributed by atoms with Crippen LogP contribution >= 0.6 is 0 Å². The third kappa shape index (κ3) is 3.25. The fourth-order valence-corrected chi connectivity index (χ4v) is 2.90. The summed E-state index contributed by atoms with van der Waals surface area (Å²) in [5.74, 6) is 0.788. The van der Waals surface area contributed by atoms with Gasteiger partial charge in [-0.05, 0) is 31.5 Å². The van der Waals surface area contributed by atoms with Gasteiger partial charge in [-0.1, -0.05) is 30.3 Å². The molecule has 1 saturated heterocycles. The van der Waals surface area contributed by atoms with Crippen LogP contribution in [0.2, 0.25) is 0 Å². The van der Waals surface area contributed by atoms with Crippen LogP contribution < -0.4 is 5.32 Å². The Bertz CT molecular complexity index is 475. The third-order valence-corrected chi connectivity index (χ3v) is 3.95. The highest BCUT2D eigenvalue weighted by atomic mass is 15.2. The topological polar surface area (TPSA) is 40.0 Å². The Kier molecular flexibility index (Phi) is 4.43. The van der Waals surface area contributed by atoms with Crippen LogP contribution in [0.4, 0.5) is 0 Å². The van der Waals surface area contributed by atoms with Crippen molar-refractivity contribution >= 4 is 12.2 Å². The highest BCUT2D eigenvalue weighted by molar-refractivity contribution is 5.89. The number of hydrogen-bond donors (Lipinski definition) is 1. The van der Waals surface area contributed by atoms with Gasteiger partial charge in [-0.3, -0.25) is 9.89 Å². The van der Waals surface area contributed by atoms with Crippen LogP contribution in [0.1, 0.15) is 30.9 Å². The first kappa shape index (κ1) is 13.3. The van der Waals surface area contributed by atoms with E-state index in [2.05, 4.69) is 50.5 Å². The van der Waals surface area contributed by atoms with E-state index in [9.17, 15) is 0 Å². The zero-order chi connectivity index (χ0) is 13.6. The van der Waals surface area contributed by atoms with E-state index in [1.54, 1.807) is 0 Å². The van der Waals surface area contributed by atoms with Crippen LogP contribution in [-0.2, 0) is 0 Å². The molecule has 1 atom stereocenters. The van der Waals surface area contributed by atoms with E-state index in [0.717, 1.165) is 25.5 Å². The number of likely N-dealkylation sites (tertiary alicyclic amines) is 1. The van der Waals surface area contributed by atoms with Gasteiger partial charge in [-0.25, -0.2) is 4.99 Å². The van der Waals surface area contributed by atoms with E-state index in [-0.39, 0.29) is 0 Å². The average Bonchev–Trinajstić information content (AvgIpc) is 3.04. The van der Waals surface area contributed by atoms with E-state index < -0.39 is 0 Å². The number of nitrogens with one attached hydrogen (secondary N) is 1. The quantitative estimate of drug-likeness (QED) is 0.911. The SMILES string of the molecule is C1=NC(NCC(c2ccccc2)N2CCCC2)=NCC1. The van der Waals surface area contributed by atoms with Crippen LogP contribution in [0, 0.1) is 0 Å². The van der Waals surface area contributed by atoms with E-state index in [0.29, 0.717) is 6.04 Å². The zero-order valence-electron chi connectivity index (χ0n) is 11.8. The lowest BCUT2D eigenvalue weighted by atomic mass is 10.1. The normalized spacial score (nSPS) is 20.7. The van der Waals surface area contributed by atoms with Crippen molar-refractivity contribution in [3.63, 3.8) is 0 Å². The number of aliphatic imine (C=N–C) groups is 2. The van der Waals surface area contributed by atoms with Crippen molar-refractivity contribution in [1.82, 2.24) is 10.2 Å². The molecule has 0 aromatic heterocycles. The third-order valence-electron chi connectivity index (χ3n) is 3.95. The van der Waals surface area contributed by atoms with Gasteiger partial charge in [0, 0.05) is 25.7 Å². The van der Waals surface area contributed by atoms with Gasteiger partial charge < -0.3 is 5.32 Å². The minimum absolute atomic E-state index is 0.415. The lowest BCUT2D eigenvalue weighted by Gasteiger charge is -2.28. The van der Waals surface area contributed by atoms with Crippen molar-refractivity contribution in [3.05, 3.63) is 35.9 Å². The van der Waals surface area contributed by atoms with Gasteiger partial charge in [-0.2, -0.15) is 0 Å². The summed E-state index contributed by atoms with van der Waals surface area (Å²) in [6.45, 7) is 4.11. The highest BCUT2D eigenvalue weighted by Gasteiger charge is 2.23. The van der Waals surface area contributed by atoms with E-state index in [1.165, 1.54) is 31.5 Å². The Morgan fingerprint density at radius 2 is 1.95 bits per heavy atom. The molecule has 1 aromatic rings. The van der Waals surface area contributed by atoms with Crippen molar-refractivity contribution in [1.29, 1.82) is 0 Å². The average molecular weight is 270 g/mol. The Morgan fingerprint density at radius 1 is 1.15 bits per heavy atom. The molecule has 0 aliphatic carbocycles. The number of guanidine groups is 1. The second-order valence-corrected chi connectivity index (χ2v) is 5.36. The van der Waals surface area contributed by atoms with Crippen molar-refractivity contribution in [2.45, 2.75) is 25.3 Å². The molecule has 1 fully saturated rings. The molecule has 1 N–H and O–H groups in total. The standard InChI is InChI=1S/C16H22N4/c1-2-7-14(8-3-1)15(20-11-4-5-12-20)13-19-16-17-9-6-10-18-16/h1-3,7-9,15H,4-6,10-13H2,(H,18,19). The summed E-state index contributed by atoms with van der Waals surface area (Å²) in [6.07, 6.45) is 5.52. The van der Waals surface area contributed by atoms with E-state index in [4.69, 9.17) is 0 Å². The van der Waals surface area contributed by atoms with Crippen LogP contribution in [0.5, 0.6) is 0 Å². The molecular formula is C16H22N4. The Hall–Kier alpha value is -1.68. The second kappa shape index (κ2) is 6.66. The maximum atomic E-state index is 4.41. The van der Waals surface area contributed by atoms with E-state index in [1.807, 2.05) is 6.21 Å². The fraction of sp³-hybridized carbons (Fsp3) is 0.500. The first-order chi connectivity index (χ1) is 9.93. The van der Waals surface area contributed by atoms with Crippen LogP contribution in [0.15, 0.2) is 40.3 Å². The summed E-state index contributed by atoms with van der Waals surface area (Å²) in [4.78, 5) is 11.3. The molecular weight excluding hydrogens is 248 g/mol. The molecule has 2 aliphatic rings. The Morgan fingerprint density at radius 3 is 2.65 bits per heavy atom. The monoisotopic (exact) mass is 270 g/mol. The van der Waals surface area contributed by atoms with Crippen LogP contribution in [-0.4, -0.2) is 43.3 Å².